The fourth-order valence-corrected chi connectivity index (χ4v) is 5.83. The molecule has 0 unspecified atom stereocenters. The molecule has 3 rings (SSSR count). The van der Waals surface area contributed by atoms with E-state index in [9.17, 15) is 8.42 Å². The minimum absolute atomic E-state index is 0.209. The van der Waals surface area contributed by atoms with Crippen molar-refractivity contribution in [2.45, 2.75) is 46.6 Å². The fraction of sp³-hybridized carbons (Fsp3) is 0.435. The molecular formula is C23H31N3O2S2. The quantitative estimate of drug-likeness (QED) is 0.476. The number of guanidine groups is 1. The molecule has 7 heteroatoms. The molecule has 0 radical (unpaired) electrons. The van der Waals surface area contributed by atoms with Crippen LogP contribution in [0.3, 0.4) is 0 Å². The highest BCUT2D eigenvalue weighted by Crippen LogP contribution is 2.44. The molecule has 1 aliphatic rings. The molecular weight excluding hydrogens is 414 g/mol. The molecule has 162 valence electrons. The van der Waals surface area contributed by atoms with Gasteiger partial charge >= 0.3 is 0 Å². The second-order valence-corrected chi connectivity index (χ2v) is 11.4. The highest BCUT2D eigenvalue weighted by molar-refractivity contribution is 8.00. The molecule has 0 amide bonds. The van der Waals surface area contributed by atoms with Crippen molar-refractivity contribution >= 4 is 27.6 Å². The van der Waals surface area contributed by atoms with Crippen molar-refractivity contribution < 1.29 is 8.42 Å². The zero-order chi connectivity index (χ0) is 21.5. The number of nitrogens with one attached hydrogen (secondary N) is 2. The fourth-order valence-electron chi connectivity index (χ4n) is 3.77. The van der Waals surface area contributed by atoms with Crippen LogP contribution in [0.5, 0.6) is 0 Å². The first-order chi connectivity index (χ1) is 14.4. The molecule has 1 aliphatic carbocycles. The van der Waals surface area contributed by atoms with E-state index in [-0.39, 0.29) is 4.75 Å². The molecule has 0 aromatic heterocycles. The predicted molar refractivity (Wildman–Crippen MR) is 126 cm³/mol. The van der Waals surface area contributed by atoms with Crippen LogP contribution in [0, 0.1) is 0 Å². The van der Waals surface area contributed by atoms with Gasteiger partial charge in [-0.1, -0.05) is 43.2 Å². The summed E-state index contributed by atoms with van der Waals surface area (Å²) in [5.74, 6) is 0.808. The molecule has 1 saturated carbocycles. The number of nitrogens with zero attached hydrogens (tertiary/aromatic N) is 1. The second-order valence-electron chi connectivity index (χ2n) is 7.82. The van der Waals surface area contributed by atoms with Crippen LogP contribution in [-0.2, 0) is 16.3 Å². The van der Waals surface area contributed by atoms with E-state index in [1.54, 1.807) is 19.2 Å². The van der Waals surface area contributed by atoms with Crippen LogP contribution in [0.1, 0.15) is 31.2 Å². The minimum atomic E-state index is -3.15. The Morgan fingerprint density at radius 1 is 1.03 bits per heavy atom. The van der Waals surface area contributed by atoms with E-state index in [0.717, 1.165) is 31.0 Å². The second kappa shape index (κ2) is 10.4. The summed E-state index contributed by atoms with van der Waals surface area (Å²) in [5.41, 5.74) is 1.09. The van der Waals surface area contributed by atoms with E-state index in [2.05, 4.69) is 46.0 Å². The van der Waals surface area contributed by atoms with Gasteiger partial charge in [0, 0.05) is 36.0 Å². The molecule has 0 spiro atoms. The van der Waals surface area contributed by atoms with Crippen molar-refractivity contribution in [3.05, 3.63) is 60.2 Å². The number of thioether (sulfide) groups is 1. The third-order valence-corrected chi connectivity index (χ3v) is 8.07. The third kappa shape index (κ3) is 6.51. The average Bonchev–Trinajstić information content (AvgIpc) is 3.19. The highest BCUT2D eigenvalue weighted by atomic mass is 32.2. The van der Waals surface area contributed by atoms with E-state index in [4.69, 9.17) is 0 Å². The van der Waals surface area contributed by atoms with E-state index >= 15 is 0 Å². The van der Waals surface area contributed by atoms with Crippen molar-refractivity contribution in [1.29, 1.82) is 0 Å². The maximum atomic E-state index is 11.6. The maximum Gasteiger partial charge on any atom is 0.191 e. The lowest BCUT2D eigenvalue weighted by Crippen LogP contribution is -2.45. The van der Waals surface area contributed by atoms with Crippen LogP contribution in [-0.4, -0.2) is 45.5 Å². The van der Waals surface area contributed by atoms with Gasteiger partial charge in [-0.05, 0) is 49.1 Å². The smallest absolute Gasteiger partial charge is 0.191 e. The van der Waals surface area contributed by atoms with Crippen LogP contribution in [0.4, 0.5) is 0 Å². The molecule has 0 atom stereocenters. The van der Waals surface area contributed by atoms with Gasteiger partial charge in [-0.3, -0.25) is 4.99 Å². The molecule has 0 bridgehead atoms. The van der Waals surface area contributed by atoms with E-state index in [0.29, 0.717) is 4.90 Å². The Morgan fingerprint density at radius 2 is 1.70 bits per heavy atom. The van der Waals surface area contributed by atoms with Gasteiger partial charge in [0.15, 0.2) is 15.8 Å². The monoisotopic (exact) mass is 445 g/mol. The molecule has 2 N–H and O–H groups in total. The number of sulfone groups is 1. The van der Waals surface area contributed by atoms with Crippen molar-refractivity contribution in [3.63, 3.8) is 0 Å². The Balaban J connectivity index is 1.50. The summed E-state index contributed by atoms with van der Waals surface area (Å²) in [6.45, 7) is 1.62. The molecule has 2 aromatic carbocycles. The summed E-state index contributed by atoms with van der Waals surface area (Å²) in [4.78, 5) is 6.05. The minimum Gasteiger partial charge on any atom is -0.356 e. The Hall–Kier alpha value is -1.99. The lowest BCUT2D eigenvalue weighted by atomic mass is 10.1. The van der Waals surface area contributed by atoms with Crippen molar-refractivity contribution in [2.75, 3.05) is 26.4 Å². The summed E-state index contributed by atoms with van der Waals surface area (Å²) in [7, 11) is -1.35. The zero-order valence-electron chi connectivity index (χ0n) is 17.7. The van der Waals surface area contributed by atoms with Gasteiger partial charge < -0.3 is 10.6 Å². The lowest BCUT2D eigenvalue weighted by Gasteiger charge is -2.29. The van der Waals surface area contributed by atoms with E-state index < -0.39 is 9.84 Å². The van der Waals surface area contributed by atoms with Crippen LogP contribution >= 0.6 is 11.8 Å². The molecule has 2 aromatic rings. The Bertz CT molecular complexity index is 936. The number of hydrogen-bond acceptors (Lipinski definition) is 4. The summed E-state index contributed by atoms with van der Waals surface area (Å²) in [6.07, 6.45) is 7.00. The SMILES string of the molecule is CN=C(NCCc1ccc(S(C)(=O)=O)cc1)NCC1(Sc2ccccc2)CCCC1. The van der Waals surface area contributed by atoms with Crippen LogP contribution < -0.4 is 10.6 Å². The van der Waals surface area contributed by atoms with Crippen molar-refractivity contribution in [2.24, 2.45) is 4.99 Å². The molecule has 30 heavy (non-hydrogen) atoms. The van der Waals surface area contributed by atoms with Gasteiger partial charge in [0.1, 0.15) is 0 Å². The molecule has 1 fully saturated rings. The van der Waals surface area contributed by atoms with E-state index in [1.165, 1.54) is 36.8 Å². The van der Waals surface area contributed by atoms with Gasteiger partial charge in [-0.25, -0.2) is 8.42 Å². The predicted octanol–water partition coefficient (Wildman–Crippen LogP) is 3.90. The summed E-state index contributed by atoms with van der Waals surface area (Å²) in [6, 6.07) is 17.7. The number of rotatable bonds is 8. The van der Waals surface area contributed by atoms with Gasteiger partial charge in [-0.15, -0.1) is 11.8 Å². The van der Waals surface area contributed by atoms with Gasteiger partial charge in [0.25, 0.3) is 0 Å². The number of benzene rings is 2. The zero-order valence-corrected chi connectivity index (χ0v) is 19.4. The number of aliphatic imine (C=N–C) groups is 1. The van der Waals surface area contributed by atoms with Crippen LogP contribution in [0.15, 0.2) is 69.4 Å². The molecule has 0 aliphatic heterocycles. The largest absolute Gasteiger partial charge is 0.356 e. The van der Waals surface area contributed by atoms with Gasteiger partial charge in [0.05, 0.1) is 4.90 Å². The van der Waals surface area contributed by atoms with Crippen molar-refractivity contribution in [3.8, 4) is 0 Å². The van der Waals surface area contributed by atoms with Crippen LogP contribution in [0.2, 0.25) is 0 Å². The standard InChI is InChI=1S/C23H31N3O2S2/c1-24-22(25-17-14-19-10-12-21(13-11-19)30(2,27)28)26-18-23(15-6-7-16-23)29-20-8-4-3-5-9-20/h3-5,8-13H,6-7,14-18H2,1-2H3,(H2,24,25,26). The summed E-state index contributed by atoms with van der Waals surface area (Å²) >= 11 is 1.98. The normalized spacial score (nSPS) is 16.4. The van der Waals surface area contributed by atoms with Gasteiger partial charge in [-0.2, -0.15) is 0 Å². The maximum absolute atomic E-state index is 11.6. The first-order valence-electron chi connectivity index (χ1n) is 10.4. The van der Waals surface area contributed by atoms with E-state index in [1.807, 2.05) is 23.9 Å². The Morgan fingerprint density at radius 3 is 2.30 bits per heavy atom. The highest BCUT2D eigenvalue weighted by Gasteiger charge is 2.35. The molecule has 0 saturated heterocycles. The number of hydrogen-bond donors (Lipinski definition) is 2. The summed E-state index contributed by atoms with van der Waals surface area (Å²) in [5, 5.41) is 6.91. The Kier molecular flexibility index (Phi) is 7.83. The third-order valence-electron chi connectivity index (χ3n) is 5.45. The van der Waals surface area contributed by atoms with Crippen LogP contribution in [0.25, 0.3) is 0 Å². The lowest BCUT2D eigenvalue weighted by molar-refractivity contribution is 0.582. The molecule has 5 nitrogen and oxygen atoms in total. The first-order valence-corrected chi connectivity index (χ1v) is 13.1. The summed E-state index contributed by atoms with van der Waals surface area (Å²) < 4.78 is 23.3. The first kappa shape index (κ1) is 22.7. The average molecular weight is 446 g/mol. The Labute approximate surface area is 184 Å². The topological polar surface area (TPSA) is 70.6 Å². The van der Waals surface area contributed by atoms with Gasteiger partial charge in [0.2, 0.25) is 0 Å². The van der Waals surface area contributed by atoms with Crippen molar-refractivity contribution in [1.82, 2.24) is 10.6 Å². The molecule has 0 heterocycles.